The van der Waals surface area contributed by atoms with Crippen molar-refractivity contribution in [2.45, 2.75) is 51.6 Å². The van der Waals surface area contributed by atoms with Gasteiger partial charge in [-0.1, -0.05) is 6.07 Å². The summed E-state index contributed by atoms with van der Waals surface area (Å²) in [6.07, 6.45) is -4.06. The molecule has 0 N–H and O–H groups in total. The van der Waals surface area contributed by atoms with Crippen LogP contribution in [0.4, 0.5) is 22.4 Å². The van der Waals surface area contributed by atoms with Crippen LogP contribution in [0.3, 0.4) is 0 Å². The highest BCUT2D eigenvalue weighted by Gasteiger charge is 2.56. The van der Waals surface area contributed by atoms with Crippen LogP contribution in [-0.4, -0.2) is 34.7 Å². The first-order valence-electron chi connectivity index (χ1n) is 8.54. The molecule has 26 heavy (non-hydrogen) atoms. The zero-order chi connectivity index (χ0) is 19.3. The molecule has 1 aromatic rings. The van der Waals surface area contributed by atoms with E-state index in [0.717, 1.165) is 18.3 Å². The molecule has 1 unspecified atom stereocenters. The Morgan fingerprint density at radius 3 is 2.35 bits per heavy atom. The van der Waals surface area contributed by atoms with E-state index in [-0.39, 0.29) is 23.0 Å². The zero-order valence-corrected chi connectivity index (χ0v) is 14.9. The Bertz CT molecular complexity index is 668. The van der Waals surface area contributed by atoms with Crippen molar-refractivity contribution in [3.63, 3.8) is 0 Å². The number of nitrogens with zero attached hydrogens (tertiary/aromatic N) is 2. The normalized spacial score (nSPS) is 21.1. The second kappa shape index (κ2) is 6.09. The summed E-state index contributed by atoms with van der Waals surface area (Å²) < 4.78 is 57.4. The average molecular weight is 374 g/mol. The molecule has 0 radical (unpaired) electrons. The SMILES string of the molecule is CC(C)(C)OC(=O)N1CC2(CC(C(F)c3ccc(C(F)(F)F)nc3)C2)C1. The molecular weight excluding hydrogens is 352 g/mol. The third-order valence-corrected chi connectivity index (χ3v) is 4.90. The van der Waals surface area contributed by atoms with Gasteiger partial charge in [0.15, 0.2) is 0 Å². The molecule has 8 heteroatoms. The van der Waals surface area contributed by atoms with E-state index in [1.165, 1.54) is 0 Å². The highest BCUT2D eigenvalue weighted by molar-refractivity contribution is 5.69. The number of hydrogen-bond acceptors (Lipinski definition) is 3. The van der Waals surface area contributed by atoms with Gasteiger partial charge >= 0.3 is 12.3 Å². The lowest BCUT2D eigenvalue weighted by Gasteiger charge is -2.59. The minimum absolute atomic E-state index is 0.0781. The molecule has 1 aromatic heterocycles. The lowest BCUT2D eigenvalue weighted by atomic mass is 9.56. The molecule has 1 atom stereocenters. The lowest BCUT2D eigenvalue weighted by Crippen LogP contribution is -2.64. The number of aromatic nitrogens is 1. The second-order valence-electron chi connectivity index (χ2n) is 8.38. The Labute approximate surface area is 149 Å². The van der Waals surface area contributed by atoms with Crippen molar-refractivity contribution in [1.82, 2.24) is 9.88 Å². The number of carbonyl (C=O) groups is 1. The van der Waals surface area contributed by atoms with Crippen LogP contribution in [0.25, 0.3) is 0 Å². The molecular formula is C18H22F4N2O2. The van der Waals surface area contributed by atoms with Crippen LogP contribution in [0.2, 0.25) is 0 Å². The standard InChI is InChI=1S/C18H22F4N2O2/c1-16(2,3)26-15(25)24-9-17(10-24)6-12(7-17)14(19)11-4-5-13(23-8-11)18(20,21)22/h4-5,8,12,14H,6-7,9-10H2,1-3H3. The molecule has 1 saturated heterocycles. The smallest absolute Gasteiger partial charge is 0.433 e. The summed E-state index contributed by atoms with van der Waals surface area (Å²) in [5.41, 5.74) is -1.49. The molecule has 0 bridgehead atoms. The maximum Gasteiger partial charge on any atom is 0.433 e. The van der Waals surface area contributed by atoms with Gasteiger partial charge in [0.1, 0.15) is 17.5 Å². The van der Waals surface area contributed by atoms with Gasteiger partial charge in [0.2, 0.25) is 0 Å². The minimum Gasteiger partial charge on any atom is -0.444 e. The van der Waals surface area contributed by atoms with E-state index < -0.39 is 23.6 Å². The Balaban J connectivity index is 1.50. The van der Waals surface area contributed by atoms with Crippen molar-refractivity contribution in [3.8, 4) is 0 Å². The summed E-state index contributed by atoms with van der Waals surface area (Å²) in [5.74, 6) is -0.255. The number of alkyl halides is 4. The molecule has 2 fully saturated rings. The first-order chi connectivity index (χ1) is 11.9. The van der Waals surface area contributed by atoms with E-state index in [0.29, 0.717) is 25.9 Å². The number of ether oxygens (including phenoxy) is 1. The monoisotopic (exact) mass is 374 g/mol. The van der Waals surface area contributed by atoms with Crippen molar-refractivity contribution in [2.24, 2.45) is 11.3 Å². The fraction of sp³-hybridized carbons (Fsp3) is 0.667. The Morgan fingerprint density at radius 2 is 1.88 bits per heavy atom. The van der Waals surface area contributed by atoms with Gasteiger partial charge in [0, 0.05) is 30.3 Å². The minimum atomic E-state index is -4.53. The van der Waals surface area contributed by atoms with Gasteiger partial charge in [-0.2, -0.15) is 13.2 Å². The lowest BCUT2D eigenvalue weighted by molar-refractivity contribution is -0.141. The Morgan fingerprint density at radius 1 is 1.27 bits per heavy atom. The van der Waals surface area contributed by atoms with Gasteiger partial charge in [0.05, 0.1) is 0 Å². The maximum atomic E-state index is 14.6. The third-order valence-electron chi connectivity index (χ3n) is 4.90. The van der Waals surface area contributed by atoms with Gasteiger partial charge in [-0.15, -0.1) is 0 Å². The van der Waals surface area contributed by atoms with Gasteiger partial charge in [-0.05, 0) is 45.6 Å². The van der Waals surface area contributed by atoms with Crippen LogP contribution in [0.5, 0.6) is 0 Å². The number of carbonyl (C=O) groups excluding carboxylic acids is 1. The Kier molecular flexibility index (Phi) is 4.43. The third kappa shape index (κ3) is 3.78. The highest BCUT2D eigenvalue weighted by atomic mass is 19.4. The topological polar surface area (TPSA) is 42.4 Å². The molecule has 1 spiro atoms. The second-order valence-corrected chi connectivity index (χ2v) is 8.38. The summed E-state index contributed by atoms with van der Waals surface area (Å²) >= 11 is 0. The van der Waals surface area contributed by atoms with Crippen LogP contribution in [0.1, 0.15) is 51.0 Å². The quantitative estimate of drug-likeness (QED) is 0.701. The van der Waals surface area contributed by atoms with Gasteiger partial charge in [0.25, 0.3) is 0 Å². The number of rotatable bonds is 2. The first kappa shape index (κ1) is 18.9. The van der Waals surface area contributed by atoms with E-state index >= 15 is 0 Å². The summed E-state index contributed by atoms with van der Waals surface area (Å²) in [4.78, 5) is 16.9. The molecule has 2 heterocycles. The molecule has 1 aliphatic carbocycles. The molecule has 2 aliphatic rings. The van der Waals surface area contributed by atoms with E-state index in [9.17, 15) is 22.4 Å². The van der Waals surface area contributed by atoms with Crippen molar-refractivity contribution < 1.29 is 27.1 Å². The molecule has 4 nitrogen and oxygen atoms in total. The van der Waals surface area contributed by atoms with Crippen molar-refractivity contribution >= 4 is 6.09 Å². The van der Waals surface area contributed by atoms with Crippen molar-refractivity contribution in [2.75, 3.05) is 13.1 Å². The summed E-state index contributed by atoms with van der Waals surface area (Å²) in [6, 6.07) is 1.96. The van der Waals surface area contributed by atoms with Crippen LogP contribution < -0.4 is 0 Å². The number of likely N-dealkylation sites (tertiary alicyclic amines) is 1. The van der Waals surface area contributed by atoms with Crippen molar-refractivity contribution in [3.05, 3.63) is 29.6 Å². The summed E-state index contributed by atoms with van der Waals surface area (Å²) in [6.45, 7) is 6.47. The highest BCUT2D eigenvalue weighted by Crippen LogP contribution is 2.56. The van der Waals surface area contributed by atoms with E-state index in [1.54, 1.807) is 25.7 Å². The van der Waals surface area contributed by atoms with E-state index in [2.05, 4.69) is 4.98 Å². The predicted molar refractivity (Wildman–Crippen MR) is 86.1 cm³/mol. The fourth-order valence-corrected chi connectivity index (χ4v) is 3.75. The molecule has 3 rings (SSSR count). The number of amides is 1. The molecule has 1 amide bonds. The van der Waals surface area contributed by atoms with Crippen LogP contribution in [0.15, 0.2) is 18.3 Å². The van der Waals surface area contributed by atoms with Crippen molar-refractivity contribution in [1.29, 1.82) is 0 Å². The summed E-state index contributed by atoms with van der Waals surface area (Å²) in [5, 5.41) is 0. The van der Waals surface area contributed by atoms with Gasteiger partial charge < -0.3 is 9.64 Å². The van der Waals surface area contributed by atoms with Gasteiger partial charge in [-0.3, -0.25) is 4.98 Å². The fourth-order valence-electron chi connectivity index (χ4n) is 3.75. The number of halogens is 4. The first-order valence-corrected chi connectivity index (χ1v) is 8.54. The van der Waals surface area contributed by atoms with Crippen LogP contribution in [-0.2, 0) is 10.9 Å². The molecule has 0 aromatic carbocycles. The van der Waals surface area contributed by atoms with Crippen LogP contribution in [0, 0.1) is 11.3 Å². The van der Waals surface area contributed by atoms with Crippen LogP contribution >= 0.6 is 0 Å². The molecule has 1 aliphatic heterocycles. The molecule has 144 valence electrons. The largest absolute Gasteiger partial charge is 0.444 e. The predicted octanol–water partition coefficient (Wildman–Crippen LogP) is 4.76. The number of hydrogen-bond donors (Lipinski definition) is 0. The zero-order valence-electron chi connectivity index (χ0n) is 14.9. The number of pyridine rings is 1. The van der Waals surface area contributed by atoms with E-state index in [4.69, 9.17) is 4.74 Å². The Hall–Kier alpha value is -1.86. The van der Waals surface area contributed by atoms with E-state index in [1.807, 2.05) is 0 Å². The maximum absolute atomic E-state index is 14.6. The van der Waals surface area contributed by atoms with Gasteiger partial charge in [-0.25, -0.2) is 9.18 Å². The average Bonchev–Trinajstić information content (AvgIpc) is 2.41. The molecule has 1 saturated carbocycles. The summed E-state index contributed by atoms with van der Waals surface area (Å²) in [7, 11) is 0.